The van der Waals surface area contributed by atoms with Crippen molar-refractivity contribution in [2.75, 3.05) is 0 Å². The molecule has 164 valence electrons. The van der Waals surface area contributed by atoms with E-state index in [1.807, 2.05) is 61.0 Å². The van der Waals surface area contributed by atoms with E-state index in [0.717, 1.165) is 38.7 Å². The number of aryl methyl sites for hydroxylation is 3. The van der Waals surface area contributed by atoms with E-state index >= 15 is 0 Å². The van der Waals surface area contributed by atoms with Gasteiger partial charge < -0.3 is 4.42 Å². The van der Waals surface area contributed by atoms with E-state index in [2.05, 4.69) is 0 Å². The van der Waals surface area contributed by atoms with Gasteiger partial charge >= 0.3 is 0 Å². The van der Waals surface area contributed by atoms with Crippen LogP contribution in [0.3, 0.4) is 0 Å². The Morgan fingerprint density at radius 2 is 1.76 bits per heavy atom. The van der Waals surface area contributed by atoms with Gasteiger partial charge in [-0.2, -0.15) is 0 Å². The predicted octanol–water partition coefficient (Wildman–Crippen LogP) is 7.49. The zero-order chi connectivity index (χ0) is 29.0. The molecule has 2 nitrogen and oxygen atoms in total. The molecule has 5 aromatic rings. The van der Waals surface area contributed by atoms with E-state index < -0.39 is 25.0 Å². The molecular formula is C31H30NO+. The molecule has 2 heteroatoms. The molecule has 0 N–H and O–H groups in total. The lowest BCUT2D eigenvalue weighted by Crippen LogP contribution is -2.31. The van der Waals surface area contributed by atoms with Gasteiger partial charge in [-0.3, -0.25) is 0 Å². The molecule has 2 heterocycles. The minimum absolute atomic E-state index is 0.263. The van der Waals surface area contributed by atoms with Gasteiger partial charge in [0.15, 0.2) is 6.20 Å². The standard InChI is InChI=1S/C31H30NO/c1-19-9-14-27(32(5)18-19)28-20(2)10-13-26-25-8-6-7-24(29(25)33-30(26)28)21-11-12-22-16-31(3,4)17-23(22)15-21/h6-15,18H,16-17H2,1-5H3/q+1/i1D3,16D2,17D2. The smallest absolute Gasteiger partial charge is 0.216 e. The third kappa shape index (κ3) is 3.20. The van der Waals surface area contributed by atoms with Crippen LogP contribution in [-0.4, -0.2) is 0 Å². The summed E-state index contributed by atoms with van der Waals surface area (Å²) in [5, 5.41) is 1.83. The highest BCUT2D eigenvalue weighted by molar-refractivity contribution is 6.13. The largest absolute Gasteiger partial charge is 0.454 e. The van der Waals surface area contributed by atoms with Crippen LogP contribution in [0.1, 0.15) is 45.7 Å². The predicted molar refractivity (Wildman–Crippen MR) is 136 cm³/mol. The normalized spacial score (nSPS) is 21.4. The van der Waals surface area contributed by atoms with Crippen LogP contribution in [0.4, 0.5) is 0 Å². The molecule has 0 saturated carbocycles. The molecule has 0 atom stereocenters. The Balaban J connectivity index is 1.58. The van der Waals surface area contributed by atoms with Crippen LogP contribution in [0.2, 0.25) is 0 Å². The van der Waals surface area contributed by atoms with Crippen LogP contribution >= 0.6 is 0 Å². The number of para-hydroxylation sites is 1. The van der Waals surface area contributed by atoms with Crippen molar-refractivity contribution in [3.05, 3.63) is 89.1 Å². The first-order valence-electron chi connectivity index (χ1n) is 14.7. The first-order chi connectivity index (χ1) is 18.6. The first kappa shape index (κ1) is 14.0. The number of benzene rings is 3. The van der Waals surface area contributed by atoms with E-state index in [4.69, 9.17) is 14.0 Å². The van der Waals surface area contributed by atoms with Crippen molar-refractivity contribution in [1.82, 2.24) is 0 Å². The number of nitrogens with zero attached hydrogens (tertiary/aromatic N) is 1. The second-order valence-corrected chi connectivity index (χ2v) is 9.47. The Bertz CT molecular complexity index is 1850. The first-order valence-corrected chi connectivity index (χ1v) is 11.2. The lowest BCUT2D eigenvalue weighted by molar-refractivity contribution is -0.660. The van der Waals surface area contributed by atoms with Gasteiger partial charge in [-0.05, 0) is 60.3 Å². The SMILES string of the molecule is [2H]C([2H])([2H])c1ccc(-c2c(C)ccc3c2oc2c(-c4ccc5c(c4)C([2H])([2H])C(C)(C)C5([2H])[2H])cccc23)[n+](C)c1. The number of fused-ring (bicyclic) bond motifs is 4. The minimum atomic E-state index is -2.20. The maximum atomic E-state index is 8.82. The maximum Gasteiger partial charge on any atom is 0.216 e. The molecule has 2 aromatic heterocycles. The van der Waals surface area contributed by atoms with Crippen molar-refractivity contribution in [1.29, 1.82) is 0 Å². The second-order valence-electron chi connectivity index (χ2n) is 9.47. The van der Waals surface area contributed by atoms with E-state index in [1.54, 1.807) is 38.2 Å². The highest BCUT2D eigenvalue weighted by Crippen LogP contribution is 2.42. The van der Waals surface area contributed by atoms with Gasteiger partial charge in [-0.25, -0.2) is 4.57 Å². The van der Waals surface area contributed by atoms with Gasteiger partial charge in [-0.15, -0.1) is 0 Å². The molecule has 1 aliphatic rings. The molecule has 0 bridgehead atoms. The number of aromatic nitrogens is 1. The summed E-state index contributed by atoms with van der Waals surface area (Å²) in [4.78, 5) is 0. The number of hydrogen-bond acceptors (Lipinski definition) is 1. The number of pyridine rings is 1. The third-order valence-corrected chi connectivity index (χ3v) is 6.49. The third-order valence-electron chi connectivity index (χ3n) is 6.49. The second kappa shape index (κ2) is 7.05. The summed E-state index contributed by atoms with van der Waals surface area (Å²) < 4.78 is 66.7. The average Bonchev–Trinajstić information content (AvgIpc) is 3.30. The quantitative estimate of drug-likeness (QED) is 0.260. The lowest BCUT2D eigenvalue weighted by Gasteiger charge is -2.14. The van der Waals surface area contributed by atoms with Crippen LogP contribution in [0.15, 0.2) is 71.3 Å². The molecule has 0 radical (unpaired) electrons. The van der Waals surface area contributed by atoms with Gasteiger partial charge in [0, 0.05) is 37.6 Å². The molecule has 0 saturated heterocycles. The Labute approximate surface area is 205 Å². The van der Waals surface area contributed by atoms with Crippen LogP contribution in [-0.2, 0) is 19.8 Å². The maximum absolute atomic E-state index is 8.82. The summed E-state index contributed by atoms with van der Waals surface area (Å²) in [5.74, 6) is 0. The van der Waals surface area contributed by atoms with Crippen LogP contribution in [0.5, 0.6) is 0 Å². The molecule has 0 fully saturated rings. The molecule has 0 unspecified atom stereocenters. The van der Waals surface area contributed by atoms with Crippen molar-refractivity contribution in [2.45, 2.75) is 40.4 Å². The van der Waals surface area contributed by atoms with Crippen molar-refractivity contribution in [3.8, 4) is 22.4 Å². The van der Waals surface area contributed by atoms with Crippen molar-refractivity contribution in [2.24, 2.45) is 12.5 Å². The van der Waals surface area contributed by atoms with E-state index in [0.29, 0.717) is 22.3 Å². The summed E-state index contributed by atoms with van der Waals surface area (Å²) in [6, 6.07) is 18.7. The van der Waals surface area contributed by atoms with Gasteiger partial charge in [0.1, 0.15) is 18.2 Å². The number of rotatable bonds is 2. The summed E-state index contributed by atoms with van der Waals surface area (Å²) in [7, 11) is 1.83. The Hall–Kier alpha value is -3.39. The summed E-state index contributed by atoms with van der Waals surface area (Å²) in [6.07, 6.45) is -2.04. The fraction of sp³-hybridized carbons (Fsp3) is 0.258. The Kier molecular flexibility index (Phi) is 2.99. The molecule has 6 rings (SSSR count). The molecule has 0 spiro atoms. The molecule has 0 aliphatic heterocycles. The molecule has 33 heavy (non-hydrogen) atoms. The minimum Gasteiger partial charge on any atom is -0.454 e. The lowest BCUT2D eigenvalue weighted by atomic mass is 9.90. The molecular weight excluding hydrogens is 402 g/mol. The van der Waals surface area contributed by atoms with Gasteiger partial charge in [0.2, 0.25) is 5.69 Å². The highest BCUT2D eigenvalue weighted by atomic mass is 16.3. The highest BCUT2D eigenvalue weighted by Gasteiger charge is 2.28. The van der Waals surface area contributed by atoms with Crippen molar-refractivity contribution in [3.63, 3.8) is 0 Å². The Morgan fingerprint density at radius 3 is 2.58 bits per heavy atom. The summed E-state index contributed by atoms with van der Waals surface area (Å²) >= 11 is 0. The molecule has 3 aromatic carbocycles. The van der Waals surface area contributed by atoms with E-state index in [-0.39, 0.29) is 5.56 Å². The fourth-order valence-electron chi connectivity index (χ4n) is 5.00. The molecule has 1 aliphatic carbocycles. The Morgan fingerprint density at radius 1 is 0.939 bits per heavy atom. The van der Waals surface area contributed by atoms with Gasteiger partial charge in [-0.1, -0.05) is 62.4 Å². The number of furan rings is 1. The monoisotopic (exact) mass is 439 g/mol. The average molecular weight is 440 g/mol. The topological polar surface area (TPSA) is 17.0 Å². The van der Waals surface area contributed by atoms with E-state index in [1.165, 1.54) is 0 Å². The van der Waals surface area contributed by atoms with Crippen LogP contribution in [0, 0.1) is 19.2 Å². The van der Waals surface area contributed by atoms with Gasteiger partial charge in [0.25, 0.3) is 0 Å². The summed E-state index contributed by atoms with van der Waals surface area (Å²) in [6.45, 7) is 3.08. The zero-order valence-electron chi connectivity index (χ0n) is 26.2. The van der Waals surface area contributed by atoms with Crippen molar-refractivity contribution < 1.29 is 18.6 Å². The zero-order valence-corrected chi connectivity index (χ0v) is 19.2. The van der Waals surface area contributed by atoms with Gasteiger partial charge in [0.05, 0.1) is 5.56 Å². The summed E-state index contributed by atoms with van der Waals surface area (Å²) in [5.41, 5.74) is 5.37. The number of hydrogen-bond donors (Lipinski definition) is 0. The van der Waals surface area contributed by atoms with Crippen LogP contribution in [0.25, 0.3) is 44.3 Å². The van der Waals surface area contributed by atoms with Crippen LogP contribution < -0.4 is 4.57 Å². The fourth-order valence-corrected chi connectivity index (χ4v) is 5.00. The van der Waals surface area contributed by atoms with Crippen molar-refractivity contribution >= 4 is 21.9 Å². The molecule has 0 amide bonds. The van der Waals surface area contributed by atoms with E-state index in [9.17, 15) is 0 Å².